The van der Waals surface area contributed by atoms with Gasteiger partial charge in [-0.25, -0.2) is 4.98 Å². The second-order valence-electron chi connectivity index (χ2n) is 4.13. The van der Waals surface area contributed by atoms with Gasteiger partial charge in [-0.05, 0) is 57.7 Å². The summed E-state index contributed by atoms with van der Waals surface area (Å²) in [6.45, 7) is 4.90. The highest BCUT2D eigenvalue weighted by atomic mass is 79.9. The number of ether oxygens (including phenoxy) is 1. The van der Waals surface area contributed by atoms with Crippen LogP contribution >= 0.6 is 31.9 Å². The van der Waals surface area contributed by atoms with Crippen molar-refractivity contribution in [1.82, 2.24) is 4.98 Å². The van der Waals surface area contributed by atoms with E-state index >= 15 is 0 Å². The molecule has 3 nitrogen and oxygen atoms in total. The van der Waals surface area contributed by atoms with Crippen LogP contribution in [0.1, 0.15) is 19.8 Å². The highest BCUT2D eigenvalue weighted by molar-refractivity contribution is 9.11. The van der Waals surface area contributed by atoms with Gasteiger partial charge in [0.15, 0.2) is 0 Å². The predicted octanol–water partition coefficient (Wildman–Crippen LogP) is 3.61. The summed E-state index contributed by atoms with van der Waals surface area (Å²) in [6, 6.07) is 2.03. The summed E-state index contributed by atoms with van der Waals surface area (Å²) in [5, 5.41) is 0. The van der Waals surface area contributed by atoms with Crippen LogP contribution < -0.4 is 4.90 Å². The molecule has 2 rings (SSSR count). The van der Waals surface area contributed by atoms with Crippen LogP contribution in [-0.2, 0) is 4.74 Å². The Bertz CT molecular complexity index is 381. The molecule has 0 bridgehead atoms. The molecule has 0 aromatic carbocycles. The standard InChI is InChI=1S/C12H16Br2N2O/c1-2-16(8-10-4-3-5-17-10)12-11(14)6-9(13)7-15-12/h6-7,10H,2-5,8H2,1H3. The van der Waals surface area contributed by atoms with Crippen molar-refractivity contribution in [2.24, 2.45) is 0 Å². The van der Waals surface area contributed by atoms with E-state index in [0.717, 1.165) is 40.9 Å². The van der Waals surface area contributed by atoms with Crippen LogP contribution in [0.5, 0.6) is 0 Å². The molecule has 1 aliphatic rings. The van der Waals surface area contributed by atoms with E-state index < -0.39 is 0 Å². The molecule has 1 saturated heterocycles. The van der Waals surface area contributed by atoms with E-state index in [1.54, 1.807) is 0 Å². The van der Waals surface area contributed by atoms with E-state index in [1.165, 1.54) is 6.42 Å². The Labute approximate surface area is 119 Å². The summed E-state index contributed by atoms with van der Waals surface area (Å²) in [5.74, 6) is 0.992. The van der Waals surface area contributed by atoms with Crippen LogP contribution in [0.2, 0.25) is 0 Å². The number of likely N-dealkylation sites (N-methyl/N-ethyl adjacent to an activating group) is 1. The molecule has 5 heteroatoms. The van der Waals surface area contributed by atoms with Crippen LogP contribution in [0.15, 0.2) is 21.2 Å². The minimum absolute atomic E-state index is 0.354. The van der Waals surface area contributed by atoms with Crippen molar-refractivity contribution < 1.29 is 4.74 Å². The fraction of sp³-hybridized carbons (Fsp3) is 0.583. The Morgan fingerprint density at radius 1 is 1.53 bits per heavy atom. The van der Waals surface area contributed by atoms with Crippen molar-refractivity contribution in [3.8, 4) is 0 Å². The van der Waals surface area contributed by atoms with Crippen molar-refractivity contribution in [3.63, 3.8) is 0 Å². The first-order valence-corrected chi connectivity index (χ1v) is 7.47. The van der Waals surface area contributed by atoms with Gasteiger partial charge < -0.3 is 9.64 Å². The van der Waals surface area contributed by atoms with Crippen molar-refractivity contribution in [1.29, 1.82) is 0 Å². The molecule has 17 heavy (non-hydrogen) atoms. The molecule has 1 unspecified atom stereocenters. The van der Waals surface area contributed by atoms with Gasteiger partial charge >= 0.3 is 0 Å². The summed E-state index contributed by atoms with van der Waals surface area (Å²) >= 11 is 6.98. The average molecular weight is 364 g/mol. The molecule has 1 atom stereocenters. The van der Waals surface area contributed by atoms with Gasteiger partial charge in [0.25, 0.3) is 0 Å². The molecule has 0 radical (unpaired) electrons. The monoisotopic (exact) mass is 362 g/mol. The van der Waals surface area contributed by atoms with E-state index in [1.807, 2.05) is 12.3 Å². The number of aromatic nitrogens is 1. The molecule has 2 heterocycles. The number of hydrogen-bond acceptors (Lipinski definition) is 3. The van der Waals surface area contributed by atoms with Crippen LogP contribution in [-0.4, -0.2) is 30.8 Å². The molecule has 1 fully saturated rings. The molecule has 1 aromatic heterocycles. The molecule has 0 N–H and O–H groups in total. The number of anilines is 1. The van der Waals surface area contributed by atoms with Crippen LogP contribution in [0.4, 0.5) is 5.82 Å². The van der Waals surface area contributed by atoms with Crippen LogP contribution in [0, 0.1) is 0 Å². The molecule has 0 aliphatic carbocycles. The molecule has 0 spiro atoms. The van der Waals surface area contributed by atoms with E-state index in [0.29, 0.717) is 6.10 Å². The number of nitrogens with zero attached hydrogens (tertiary/aromatic N) is 2. The first kappa shape index (κ1) is 13.3. The third-order valence-corrected chi connectivity index (χ3v) is 3.93. The third kappa shape index (κ3) is 3.42. The van der Waals surface area contributed by atoms with Crippen molar-refractivity contribution >= 4 is 37.7 Å². The van der Waals surface area contributed by atoms with E-state index in [9.17, 15) is 0 Å². The zero-order chi connectivity index (χ0) is 12.3. The summed E-state index contributed by atoms with van der Waals surface area (Å²) in [5.41, 5.74) is 0. The summed E-state index contributed by atoms with van der Waals surface area (Å²) < 4.78 is 7.68. The Hall–Kier alpha value is -0.130. The summed E-state index contributed by atoms with van der Waals surface area (Å²) in [7, 11) is 0. The Morgan fingerprint density at radius 2 is 2.35 bits per heavy atom. The highest BCUT2D eigenvalue weighted by Gasteiger charge is 2.20. The van der Waals surface area contributed by atoms with E-state index in [2.05, 4.69) is 48.7 Å². The average Bonchev–Trinajstić information content (AvgIpc) is 2.79. The smallest absolute Gasteiger partial charge is 0.143 e. The van der Waals surface area contributed by atoms with Gasteiger partial charge in [0.2, 0.25) is 0 Å². The lowest BCUT2D eigenvalue weighted by molar-refractivity contribution is 0.115. The molecule has 94 valence electrons. The van der Waals surface area contributed by atoms with Crippen molar-refractivity contribution in [3.05, 3.63) is 21.2 Å². The second-order valence-corrected chi connectivity index (χ2v) is 5.90. The van der Waals surface area contributed by atoms with Gasteiger partial charge in [0, 0.05) is 30.4 Å². The van der Waals surface area contributed by atoms with Gasteiger partial charge in [-0.1, -0.05) is 0 Å². The lowest BCUT2D eigenvalue weighted by atomic mass is 10.2. The zero-order valence-electron chi connectivity index (χ0n) is 9.83. The molecule has 0 amide bonds. The topological polar surface area (TPSA) is 25.4 Å². The quantitative estimate of drug-likeness (QED) is 0.816. The van der Waals surface area contributed by atoms with Gasteiger partial charge in [-0.2, -0.15) is 0 Å². The van der Waals surface area contributed by atoms with Gasteiger partial charge in [-0.3, -0.25) is 0 Å². The molecule has 1 aromatic rings. The molecule has 1 aliphatic heterocycles. The second kappa shape index (κ2) is 6.16. The number of rotatable bonds is 4. The first-order valence-electron chi connectivity index (χ1n) is 5.88. The summed E-state index contributed by atoms with van der Waals surface area (Å²) in [6.07, 6.45) is 4.52. The SMILES string of the molecule is CCN(CC1CCCO1)c1ncc(Br)cc1Br. The lowest BCUT2D eigenvalue weighted by Gasteiger charge is -2.25. The zero-order valence-corrected chi connectivity index (χ0v) is 13.0. The molecule has 0 saturated carbocycles. The number of hydrogen-bond donors (Lipinski definition) is 0. The predicted molar refractivity (Wildman–Crippen MR) is 76.5 cm³/mol. The maximum atomic E-state index is 5.68. The lowest BCUT2D eigenvalue weighted by Crippen LogP contribution is -2.32. The number of halogens is 2. The minimum atomic E-state index is 0.354. The Morgan fingerprint density at radius 3 is 2.94 bits per heavy atom. The highest BCUT2D eigenvalue weighted by Crippen LogP contribution is 2.27. The largest absolute Gasteiger partial charge is 0.376 e. The van der Waals surface area contributed by atoms with Gasteiger partial charge in [0.1, 0.15) is 5.82 Å². The van der Waals surface area contributed by atoms with E-state index in [-0.39, 0.29) is 0 Å². The third-order valence-electron chi connectivity index (χ3n) is 2.92. The fourth-order valence-electron chi connectivity index (χ4n) is 2.04. The maximum absolute atomic E-state index is 5.68. The molecular weight excluding hydrogens is 348 g/mol. The first-order chi connectivity index (χ1) is 8.20. The van der Waals surface area contributed by atoms with Crippen LogP contribution in [0.3, 0.4) is 0 Å². The normalized spacial score (nSPS) is 19.6. The Kier molecular flexibility index (Phi) is 4.82. The maximum Gasteiger partial charge on any atom is 0.143 e. The number of pyridine rings is 1. The van der Waals surface area contributed by atoms with Crippen molar-refractivity contribution in [2.75, 3.05) is 24.6 Å². The van der Waals surface area contributed by atoms with Gasteiger partial charge in [-0.15, -0.1) is 0 Å². The van der Waals surface area contributed by atoms with Crippen LogP contribution in [0.25, 0.3) is 0 Å². The Balaban J connectivity index is 2.10. The van der Waals surface area contributed by atoms with E-state index in [4.69, 9.17) is 4.74 Å². The van der Waals surface area contributed by atoms with Gasteiger partial charge in [0.05, 0.1) is 10.6 Å². The fourth-order valence-corrected chi connectivity index (χ4v) is 3.28. The minimum Gasteiger partial charge on any atom is -0.376 e. The molecular formula is C12H16Br2N2O. The summed E-state index contributed by atoms with van der Waals surface area (Å²) in [4.78, 5) is 6.72. The van der Waals surface area contributed by atoms with Crippen molar-refractivity contribution in [2.45, 2.75) is 25.9 Å².